The van der Waals surface area contributed by atoms with Gasteiger partial charge >= 0.3 is 6.01 Å². The van der Waals surface area contributed by atoms with Crippen LogP contribution in [0.4, 0.5) is 0 Å². The second-order valence-corrected chi connectivity index (χ2v) is 6.41. The summed E-state index contributed by atoms with van der Waals surface area (Å²) < 4.78 is 7.68. The fraction of sp³-hybridized carbons (Fsp3) is 0.400. The Morgan fingerprint density at radius 1 is 1.33 bits per heavy atom. The van der Waals surface area contributed by atoms with Crippen LogP contribution in [0.2, 0.25) is 0 Å². The Kier molecular flexibility index (Phi) is 4.89. The van der Waals surface area contributed by atoms with Gasteiger partial charge in [0.2, 0.25) is 0 Å². The summed E-state index contributed by atoms with van der Waals surface area (Å²) in [7, 11) is 1.52. The van der Waals surface area contributed by atoms with Crippen LogP contribution in [-0.2, 0) is 7.05 Å². The second-order valence-electron chi connectivity index (χ2n) is 5.50. The number of likely N-dealkylation sites (tertiary alicyclic amines) is 1. The lowest BCUT2D eigenvalue weighted by Crippen LogP contribution is -2.45. The van der Waals surface area contributed by atoms with Gasteiger partial charge in [-0.1, -0.05) is 0 Å². The van der Waals surface area contributed by atoms with Crippen molar-refractivity contribution >= 4 is 21.8 Å². The van der Waals surface area contributed by atoms with E-state index in [0.29, 0.717) is 13.1 Å². The zero-order valence-corrected chi connectivity index (χ0v) is 14.6. The van der Waals surface area contributed by atoms with Crippen molar-refractivity contribution in [1.82, 2.24) is 24.6 Å². The molecule has 2 aromatic heterocycles. The molecule has 1 aliphatic heterocycles. The van der Waals surface area contributed by atoms with Crippen molar-refractivity contribution in [2.75, 3.05) is 13.1 Å². The summed E-state index contributed by atoms with van der Waals surface area (Å²) in [5, 5.41) is 4.01. The van der Waals surface area contributed by atoms with Gasteiger partial charge in [0.05, 0.1) is 11.0 Å². The minimum absolute atomic E-state index is 0.170. The third-order valence-corrected chi connectivity index (χ3v) is 4.12. The smallest absolute Gasteiger partial charge is 0.316 e. The molecule has 1 fully saturated rings. The van der Waals surface area contributed by atoms with Crippen LogP contribution in [0.3, 0.4) is 0 Å². The number of ether oxygens (including phenoxy) is 1. The molecule has 24 heavy (non-hydrogen) atoms. The van der Waals surface area contributed by atoms with E-state index in [2.05, 4.69) is 31.0 Å². The topological polar surface area (TPSA) is 90.2 Å². The predicted octanol–water partition coefficient (Wildman–Crippen LogP) is 1.02. The molecule has 9 heteroatoms. The first-order valence-corrected chi connectivity index (χ1v) is 8.30. The van der Waals surface area contributed by atoms with Gasteiger partial charge in [0, 0.05) is 32.1 Å². The maximum atomic E-state index is 12.6. The molecule has 0 N–H and O–H groups in total. The molecular formula is C15H16BrN5O3. The molecule has 1 amide bonds. The first-order chi connectivity index (χ1) is 11.5. The number of nitrogens with zero attached hydrogens (tertiary/aromatic N) is 5. The van der Waals surface area contributed by atoms with E-state index in [4.69, 9.17) is 4.74 Å². The van der Waals surface area contributed by atoms with Crippen LogP contribution in [0, 0.1) is 0 Å². The van der Waals surface area contributed by atoms with Crippen LogP contribution < -0.4 is 10.3 Å². The van der Waals surface area contributed by atoms with Gasteiger partial charge in [-0.3, -0.25) is 9.59 Å². The molecule has 1 saturated heterocycles. The summed E-state index contributed by atoms with van der Waals surface area (Å²) in [4.78, 5) is 33.8. The largest absolute Gasteiger partial charge is 0.458 e. The zero-order valence-electron chi connectivity index (χ0n) is 13.1. The van der Waals surface area contributed by atoms with E-state index in [-0.39, 0.29) is 29.3 Å². The number of amides is 1. The van der Waals surface area contributed by atoms with Gasteiger partial charge in [-0.2, -0.15) is 5.10 Å². The molecular weight excluding hydrogens is 378 g/mol. The highest BCUT2D eigenvalue weighted by molar-refractivity contribution is 9.10. The van der Waals surface area contributed by atoms with E-state index >= 15 is 0 Å². The van der Waals surface area contributed by atoms with Gasteiger partial charge in [0.1, 0.15) is 11.8 Å². The van der Waals surface area contributed by atoms with Crippen molar-refractivity contribution in [3.8, 4) is 6.01 Å². The molecule has 1 atom stereocenters. The molecule has 0 spiro atoms. The fourth-order valence-electron chi connectivity index (χ4n) is 2.51. The lowest BCUT2D eigenvalue weighted by atomic mass is 10.1. The van der Waals surface area contributed by atoms with Crippen molar-refractivity contribution < 1.29 is 9.53 Å². The first kappa shape index (κ1) is 16.6. The molecule has 3 heterocycles. The summed E-state index contributed by atoms with van der Waals surface area (Å²) in [5.74, 6) is -0.212. The number of carbonyl (C=O) groups is 1. The number of aryl methyl sites for hydroxylation is 1. The van der Waals surface area contributed by atoms with E-state index in [9.17, 15) is 9.59 Å². The Morgan fingerprint density at radius 3 is 2.79 bits per heavy atom. The van der Waals surface area contributed by atoms with Gasteiger partial charge < -0.3 is 9.64 Å². The van der Waals surface area contributed by atoms with E-state index in [1.165, 1.54) is 19.2 Å². The molecule has 1 aliphatic rings. The number of rotatable bonds is 3. The molecule has 0 radical (unpaired) electrons. The maximum Gasteiger partial charge on any atom is 0.316 e. The Hall–Kier alpha value is -2.29. The summed E-state index contributed by atoms with van der Waals surface area (Å²) in [6.45, 7) is 1.06. The molecule has 0 aliphatic carbocycles. The molecule has 0 aromatic carbocycles. The molecule has 0 bridgehead atoms. The van der Waals surface area contributed by atoms with Gasteiger partial charge in [0.15, 0.2) is 0 Å². The number of halogens is 1. The van der Waals surface area contributed by atoms with Crippen molar-refractivity contribution in [1.29, 1.82) is 0 Å². The maximum absolute atomic E-state index is 12.6. The summed E-state index contributed by atoms with van der Waals surface area (Å²) in [5.41, 5.74) is -0.00330. The third-order valence-electron chi connectivity index (χ3n) is 3.71. The highest BCUT2D eigenvalue weighted by Gasteiger charge is 2.27. The predicted molar refractivity (Wildman–Crippen MR) is 88.8 cm³/mol. The monoisotopic (exact) mass is 393 g/mol. The van der Waals surface area contributed by atoms with Crippen molar-refractivity contribution in [3.63, 3.8) is 0 Å². The van der Waals surface area contributed by atoms with Crippen LogP contribution in [0.15, 0.2) is 33.8 Å². The van der Waals surface area contributed by atoms with Gasteiger partial charge in [-0.05, 0) is 34.8 Å². The Morgan fingerprint density at radius 2 is 2.08 bits per heavy atom. The summed E-state index contributed by atoms with van der Waals surface area (Å²) in [6.07, 6.45) is 4.70. The van der Waals surface area contributed by atoms with Crippen molar-refractivity contribution in [3.05, 3.63) is 45.0 Å². The van der Waals surface area contributed by atoms with Crippen molar-refractivity contribution in [2.45, 2.75) is 18.9 Å². The van der Waals surface area contributed by atoms with Crippen LogP contribution in [0.1, 0.15) is 23.3 Å². The van der Waals surface area contributed by atoms with Gasteiger partial charge in [-0.15, -0.1) is 0 Å². The normalized spacial score (nSPS) is 17.6. The highest BCUT2D eigenvalue weighted by Crippen LogP contribution is 2.17. The lowest BCUT2D eigenvalue weighted by molar-refractivity contribution is 0.0508. The Labute approximate surface area is 146 Å². The molecule has 0 unspecified atom stereocenters. The van der Waals surface area contributed by atoms with Crippen LogP contribution in [0.25, 0.3) is 0 Å². The fourth-order valence-corrected chi connectivity index (χ4v) is 2.71. The van der Waals surface area contributed by atoms with Crippen molar-refractivity contribution in [2.24, 2.45) is 7.05 Å². The summed E-state index contributed by atoms with van der Waals surface area (Å²) >= 11 is 3.27. The standard InChI is InChI=1S/C15H16BrN5O3/c1-20-13(22)5-4-12(19-20)14(23)21-6-2-3-11(9-21)24-15-17-7-10(16)8-18-15/h4-5,7-8,11H,2-3,6,9H2,1H3/t11-/m0/s1. The summed E-state index contributed by atoms with van der Waals surface area (Å²) in [6, 6.07) is 3.08. The Bertz CT molecular complexity index is 792. The quantitative estimate of drug-likeness (QED) is 0.772. The number of hydrogen-bond donors (Lipinski definition) is 0. The van der Waals surface area contributed by atoms with Crippen LogP contribution in [0.5, 0.6) is 6.01 Å². The Balaban J connectivity index is 1.68. The minimum Gasteiger partial charge on any atom is -0.458 e. The van der Waals surface area contributed by atoms with E-state index in [1.54, 1.807) is 17.3 Å². The highest BCUT2D eigenvalue weighted by atomic mass is 79.9. The lowest BCUT2D eigenvalue weighted by Gasteiger charge is -2.32. The number of hydrogen-bond acceptors (Lipinski definition) is 6. The zero-order chi connectivity index (χ0) is 17.1. The van der Waals surface area contributed by atoms with Gasteiger partial charge in [0.25, 0.3) is 11.5 Å². The third kappa shape index (κ3) is 3.78. The van der Waals surface area contributed by atoms with E-state index < -0.39 is 0 Å². The van der Waals surface area contributed by atoms with E-state index in [0.717, 1.165) is 22.0 Å². The average molecular weight is 394 g/mol. The SMILES string of the molecule is Cn1nc(C(=O)N2CCC[C@H](Oc3ncc(Br)cn3)C2)ccc1=O. The molecule has 3 rings (SSSR count). The van der Waals surface area contributed by atoms with Crippen LogP contribution >= 0.6 is 15.9 Å². The minimum atomic E-state index is -0.251. The molecule has 0 saturated carbocycles. The van der Waals surface area contributed by atoms with Crippen LogP contribution in [-0.4, -0.2) is 49.7 Å². The second kappa shape index (κ2) is 7.08. The molecule has 2 aromatic rings. The van der Waals surface area contributed by atoms with E-state index in [1.807, 2.05) is 0 Å². The van der Waals surface area contributed by atoms with Gasteiger partial charge in [-0.25, -0.2) is 14.6 Å². The average Bonchev–Trinajstić information content (AvgIpc) is 2.59. The number of carbonyl (C=O) groups excluding carboxylic acids is 1. The molecule has 126 valence electrons. The number of aromatic nitrogens is 4. The first-order valence-electron chi connectivity index (χ1n) is 7.51. The molecule has 8 nitrogen and oxygen atoms in total. The number of piperidine rings is 1.